The Morgan fingerprint density at radius 1 is 1.19 bits per heavy atom. The summed E-state index contributed by atoms with van der Waals surface area (Å²) in [7, 11) is 1.56. The minimum atomic E-state index is -0.336. The van der Waals surface area contributed by atoms with Crippen LogP contribution in [-0.2, 0) is 17.6 Å². The third kappa shape index (κ3) is 4.50. The highest BCUT2D eigenvalue weighted by atomic mass is 32.1. The molecule has 0 saturated heterocycles. The van der Waals surface area contributed by atoms with E-state index in [4.69, 9.17) is 9.47 Å². The van der Waals surface area contributed by atoms with Crippen LogP contribution in [0.3, 0.4) is 0 Å². The number of esters is 1. The fourth-order valence-corrected chi connectivity index (χ4v) is 4.53. The van der Waals surface area contributed by atoms with Gasteiger partial charge < -0.3 is 14.8 Å². The summed E-state index contributed by atoms with van der Waals surface area (Å²) in [5.41, 5.74) is 2.09. The first-order valence-electron chi connectivity index (χ1n) is 9.41. The van der Waals surface area contributed by atoms with Gasteiger partial charge in [-0.15, -0.1) is 11.3 Å². The first-order chi connectivity index (χ1) is 13.1. The number of aryl methyl sites for hydroxylation is 1. The van der Waals surface area contributed by atoms with Crippen LogP contribution < -0.4 is 10.1 Å². The van der Waals surface area contributed by atoms with Crippen molar-refractivity contribution >= 4 is 28.2 Å². The van der Waals surface area contributed by atoms with Crippen LogP contribution in [0.5, 0.6) is 5.75 Å². The molecular formula is C21H25NO4S. The van der Waals surface area contributed by atoms with Crippen LogP contribution in [0.2, 0.25) is 0 Å². The summed E-state index contributed by atoms with van der Waals surface area (Å²) in [5.74, 6) is 0.0271. The Bertz CT molecular complexity index is 828. The summed E-state index contributed by atoms with van der Waals surface area (Å²) in [6.45, 7) is 2.35. The van der Waals surface area contributed by atoms with Gasteiger partial charge in [0.2, 0.25) is 0 Å². The lowest BCUT2D eigenvalue weighted by Crippen LogP contribution is -2.15. The van der Waals surface area contributed by atoms with E-state index in [1.807, 2.05) is 6.92 Å². The summed E-state index contributed by atoms with van der Waals surface area (Å²) in [4.78, 5) is 26.6. The molecule has 144 valence electrons. The van der Waals surface area contributed by atoms with E-state index < -0.39 is 0 Å². The molecule has 0 fully saturated rings. The second kappa shape index (κ2) is 9.04. The van der Waals surface area contributed by atoms with Crippen molar-refractivity contribution in [1.29, 1.82) is 0 Å². The molecule has 1 aliphatic carbocycles. The number of amides is 1. The Labute approximate surface area is 163 Å². The molecule has 5 nitrogen and oxygen atoms in total. The Kier molecular flexibility index (Phi) is 6.50. The summed E-state index contributed by atoms with van der Waals surface area (Å²) < 4.78 is 10.6. The van der Waals surface area contributed by atoms with Gasteiger partial charge in [-0.3, -0.25) is 4.79 Å². The first kappa shape index (κ1) is 19.4. The minimum Gasteiger partial charge on any atom is -0.497 e. The molecule has 0 aliphatic heterocycles. The number of fused-ring (bicyclic) bond motifs is 1. The lowest BCUT2D eigenvalue weighted by atomic mass is 10.1. The van der Waals surface area contributed by atoms with E-state index in [2.05, 4.69) is 5.32 Å². The lowest BCUT2D eigenvalue weighted by Gasteiger charge is -2.09. The number of methoxy groups -OCH3 is 1. The molecule has 2 aromatic rings. The molecular weight excluding hydrogens is 362 g/mol. The number of anilines is 1. The fraction of sp³-hybridized carbons (Fsp3) is 0.429. The van der Waals surface area contributed by atoms with Crippen LogP contribution in [0, 0.1) is 0 Å². The summed E-state index contributed by atoms with van der Waals surface area (Å²) in [6.07, 6.45) is 5.90. The van der Waals surface area contributed by atoms with Crippen molar-refractivity contribution in [3.8, 4) is 5.75 Å². The Hall–Kier alpha value is -2.34. The van der Waals surface area contributed by atoms with Gasteiger partial charge in [0.05, 0.1) is 19.3 Å². The molecule has 6 heteroatoms. The molecule has 0 saturated carbocycles. The number of nitrogens with one attached hydrogen (secondary N) is 1. The maximum absolute atomic E-state index is 12.7. The van der Waals surface area contributed by atoms with Gasteiger partial charge in [-0.1, -0.05) is 19.4 Å². The van der Waals surface area contributed by atoms with Gasteiger partial charge in [-0.2, -0.15) is 0 Å². The van der Waals surface area contributed by atoms with Crippen LogP contribution in [-0.4, -0.2) is 25.6 Å². The van der Waals surface area contributed by atoms with Crippen LogP contribution >= 0.6 is 11.3 Å². The number of thiophene rings is 1. The maximum atomic E-state index is 12.7. The van der Waals surface area contributed by atoms with Gasteiger partial charge in [0.15, 0.2) is 0 Å². The molecule has 1 aromatic carbocycles. The largest absolute Gasteiger partial charge is 0.497 e. The number of carbonyl (C=O) groups excluding carboxylic acids is 2. The molecule has 0 bridgehead atoms. The van der Waals surface area contributed by atoms with E-state index in [0.717, 1.165) is 44.1 Å². The highest BCUT2D eigenvalue weighted by Crippen LogP contribution is 2.38. The third-order valence-electron chi connectivity index (χ3n) is 4.62. The lowest BCUT2D eigenvalue weighted by molar-refractivity contribution is 0.0505. The number of benzene rings is 1. The Morgan fingerprint density at radius 2 is 2.00 bits per heavy atom. The maximum Gasteiger partial charge on any atom is 0.341 e. The molecule has 1 aromatic heterocycles. The molecule has 1 aliphatic rings. The van der Waals surface area contributed by atoms with Crippen LogP contribution in [0.1, 0.15) is 63.8 Å². The predicted molar refractivity (Wildman–Crippen MR) is 107 cm³/mol. The van der Waals surface area contributed by atoms with E-state index in [-0.39, 0.29) is 11.9 Å². The van der Waals surface area contributed by atoms with Crippen molar-refractivity contribution in [3.63, 3.8) is 0 Å². The van der Waals surface area contributed by atoms with Gasteiger partial charge in [-0.25, -0.2) is 4.79 Å². The predicted octanol–water partition coefficient (Wildman–Crippen LogP) is 4.84. The van der Waals surface area contributed by atoms with E-state index in [0.29, 0.717) is 28.5 Å². The molecule has 3 rings (SSSR count). The Morgan fingerprint density at radius 3 is 2.78 bits per heavy atom. The number of ether oxygens (including phenoxy) is 2. The standard InChI is InChI=1S/C21H25NO4S/c1-3-12-26-21(24)18-16-10-5-4-6-11-17(16)27-20(18)22-19(23)14-8-7-9-15(13-14)25-2/h7-9,13H,3-6,10-12H2,1-2H3,(H,22,23). The van der Waals surface area contributed by atoms with Gasteiger partial charge in [0, 0.05) is 10.4 Å². The molecule has 1 amide bonds. The topological polar surface area (TPSA) is 64.6 Å². The number of hydrogen-bond acceptors (Lipinski definition) is 5. The average Bonchev–Trinajstić information content (AvgIpc) is 2.86. The van der Waals surface area contributed by atoms with E-state index >= 15 is 0 Å². The van der Waals surface area contributed by atoms with Gasteiger partial charge in [0.25, 0.3) is 5.91 Å². The molecule has 0 radical (unpaired) electrons. The van der Waals surface area contributed by atoms with E-state index in [9.17, 15) is 9.59 Å². The molecule has 0 spiro atoms. The van der Waals surface area contributed by atoms with Crippen LogP contribution in [0.15, 0.2) is 24.3 Å². The summed E-state index contributed by atoms with van der Waals surface area (Å²) >= 11 is 1.51. The monoisotopic (exact) mass is 387 g/mol. The average molecular weight is 388 g/mol. The molecule has 1 heterocycles. The van der Waals surface area contributed by atoms with Crippen molar-refractivity contribution in [3.05, 3.63) is 45.8 Å². The smallest absolute Gasteiger partial charge is 0.341 e. The normalized spacial score (nSPS) is 13.4. The zero-order valence-corrected chi connectivity index (χ0v) is 16.6. The highest BCUT2D eigenvalue weighted by molar-refractivity contribution is 7.17. The zero-order valence-electron chi connectivity index (χ0n) is 15.8. The second-order valence-corrected chi connectivity index (χ2v) is 7.70. The Balaban J connectivity index is 1.91. The zero-order chi connectivity index (χ0) is 19.2. The van der Waals surface area contributed by atoms with Gasteiger partial charge in [-0.05, 0) is 55.9 Å². The summed E-state index contributed by atoms with van der Waals surface area (Å²) in [6, 6.07) is 6.97. The quantitative estimate of drug-likeness (QED) is 0.569. The molecule has 27 heavy (non-hydrogen) atoms. The first-order valence-corrected chi connectivity index (χ1v) is 10.2. The van der Waals surface area contributed by atoms with Crippen molar-refractivity contribution < 1.29 is 19.1 Å². The second-order valence-electron chi connectivity index (χ2n) is 6.59. The third-order valence-corrected chi connectivity index (χ3v) is 5.83. The van der Waals surface area contributed by atoms with Gasteiger partial charge >= 0.3 is 5.97 Å². The number of hydrogen-bond donors (Lipinski definition) is 1. The molecule has 1 N–H and O–H groups in total. The fourth-order valence-electron chi connectivity index (χ4n) is 3.25. The van der Waals surface area contributed by atoms with Crippen LogP contribution in [0.4, 0.5) is 5.00 Å². The molecule has 0 atom stereocenters. The summed E-state index contributed by atoms with van der Waals surface area (Å²) in [5, 5.41) is 3.53. The highest BCUT2D eigenvalue weighted by Gasteiger charge is 2.27. The number of rotatable bonds is 6. The van der Waals surface area contributed by atoms with Crippen molar-refractivity contribution in [1.82, 2.24) is 0 Å². The van der Waals surface area contributed by atoms with E-state index in [1.54, 1.807) is 31.4 Å². The van der Waals surface area contributed by atoms with Crippen molar-refractivity contribution in [2.24, 2.45) is 0 Å². The van der Waals surface area contributed by atoms with Crippen molar-refractivity contribution in [2.45, 2.75) is 45.4 Å². The SMILES string of the molecule is CCCOC(=O)c1c(NC(=O)c2cccc(OC)c2)sc2c1CCCCC2. The molecule has 0 unspecified atom stereocenters. The van der Waals surface area contributed by atoms with Crippen LogP contribution in [0.25, 0.3) is 0 Å². The van der Waals surface area contributed by atoms with E-state index in [1.165, 1.54) is 16.2 Å². The van der Waals surface area contributed by atoms with Gasteiger partial charge in [0.1, 0.15) is 10.8 Å². The minimum absolute atomic E-state index is 0.255. The number of carbonyl (C=O) groups is 2. The van der Waals surface area contributed by atoms with Crippen molar-refractivity contribution in [2.75, 3.05) is 19.0 Å².